The van der Waals surface area contributed by atoms with Crippen molar-refractivity contribution in [3.63, 3.8) is 0 Å². The van der Waals surface area contributed by atoms with Crippen molar-refractivity contribution in [1.29, 1.82) is 0 Å². The highest BCUT2D eigenvalue weighted by Gasteiger charge is 2.35. The van der Waals surface area contributed by atoms with E-state index in [9.17, 15) is 22.0 Å². The van der Waals surface area contributed by atoms with Crippen LogP contribution in [0.15, 0.2) is 12.1 Å². The van der Waals surface area contributed by atoms with Crippen LogP contribution in [0.1, 0.15) is 11.1 Å². The van der Waals surface area contributed by atoms with Crippen molar-refractivity contribution < 1.29 is 22.0 Å². The van der Waals surface area contributed by atoms with Crippen LogP contribution in [0.3, 0.4) is 0 Å². The largest absolute Gasteiger partial charge is 0.419 e. The smallest absolute Gasteiger partial charge is 0.316 e. The summed E-state index contributed by atoms with van der Waals surface area (Å²) in [5.41, 5.74) is -1.72. The predicted octanol–water partition coefficient (Wildman–Crippen LogP) is 2.70. The first-order valence-electron chi connectivity index (χ1n) is 4.06. The Hall–Kier alpha value is -1.17. The van der Waals surface area contributed by atoms with Gasteiger partial charge in [0.2, 0.25) is 0 Å². The van der Waals surface area contributed by atoms with Crippen molar-refractivity contribution in [2.24, 2.45) is 0 Å². The fourth-order valence-electron chi connectivity index (χ4n) is 1.13. The lowest BCUT2D eigenvalue weighted by Gasteiger charge is -2.10. The summed E-state index contributed by atoms with van der Waals surface area (Å²) in [7, 11) is 1.48. The van der Waals surface area contributed by atoms with Gasteiger partial charge >= 0.3 is 6.18 Å². The van der Waals surface area contributed by atoms with Gasteiger partial charge in [0.1, 0.15) is 11.6 Å². The molecular formula is C9H8F5N. The Bertz CT molecular complexity index is 358. The molecule has 6 heteroatoms. The van der Waals surface area contributed by atoms with Crippen LogP contribution in [0.25, 0.3) is 0 Å². The molecule has 0 saturated carbocycles. The van der Waals surface area contributed by atoms with Crippen molar-refractivity contribution in [1.82, 2.24) is 5.32 Å². The number of rotatable bonds is 2. The van der Waals surface area contributed by atoms with Gasteiger partial charge in [0.05, 0.1) is 5.56 Å². The molecule has 0 spiro atoms. The molecule has 0 atom stereocenters. The number of halogens is 5. The van der Waals surface area contributed by atoms with Crippen molar-refractivity contribution in [2.75, 3.05) is 7.05 Å². The van der Waals surface area contributed by atoms with Gasteiger partial charge in [-0.2, -0.15) is 13.2 Å². The molecular weight excluding hydrogens is 217 g/mol. The number of hydrogen-bond donors (Lipinski definition) is 1. The summed E-state index contributed by atoms with van der Waals surface area (Å²) in [6.45, 7) is -0.0269. The lowest BCUT2D eigenvalue weighted by Crippen LogP contribution is -2.12. The van der Waals surface area contributed by atoms with E-state index in [-0.39, 0.29) is 18.2 Å². The molecule has 1 nitrogen and oxygen atoms in total. The molecule has 0 aliphatic rings. The molecule has 0 unspecified atom stereocenters. The molecule has 1 aromatic carbocycles. The molecule has 84 valence electrons. The standard InChI is InChI=1S/C9H8F5N/c1-15-4-5-2-8(11)6(3-7(5)10)9(12,13)14/h2-3,15H,4H2,1H3. The predicted molar refractivity (Wildman–Crippen MR) is 44.1 cm³/mol. The fourth-order valence-corrected chi connectivity index (χ4v) is 1.13. The third kappa shape index (κ3) is 2.65. The maximum absolute atomic E-state index is 13.0. The van der Waals surface area contributed by atoms with Crippen LogP contribution in [-0.2, 0) is 12.7 Å². The van der Waals surface area contributed by atoms with E-state index in [1.807, 2.05) is 0 Å². The number of nitrogens with one attached hydrogen (secondary N) is 1. The third-order valence-corrected chi connectivity index (χ3v) is 1.81. The van der Waals surface area contributed by atoms with E-state index >= 15 is 0 Å². The Morgan fingerprint density at radius 3 is 2.20 bits per heavy atom. The molecule has 0 fully saturated rings. The average Bonchev–Trinajstić information content (AvgIpc) is 2.09. The monoisotopic (exact) mass is 225 g/mol. The third-order valence-electron chi connectivity index (χ3n) is 1.81. The molecule has 1 aromatic rings. The Morgan fingerprint density at radius 2 is 1.73 bits per heavy atom. The van der Waals surface area contributed by atoms with Crippen LogP contribution < -0.4 is 5.32 Å². The van der Waals surface area contributed by atoms with Gasteiger partial charge < -0.3 is 5.32 Å². The molecule has 0 aromatic heterocycles. The van der Waals surface area contributed by atoms with Crippen molar-refractivity contribution in [3.8, 4) is 0 Å². The SMILES string of the molecule is CNCc1cc(F)c(C(F)(F)F)cc1F. The topological polar surface area (TPSA) is 12.0 Å². The van der Waals surface area contributed by atoms with Crippen LogP contribution in [-0.4, -0.2) is 7.05 Å². The van der Waals surface area contributed by atoms with Gasteiger partial charge in [-0.15, -0.1) is 0 Å². The fraction of sp³-hybridized carbons (Fsp3) is 0.333. The van der Waals surface area contributed by atoms with Crippen molar-refractivity contribution >= 4 is 0 Å². The van der Waals surface area contributed by atoms with E-state index in [2.05, 4.69) is 5.32 Å². The maximum atomic E-state index is 13.0. The minimum absolute atomic E-state index is 0.0269. The Morgan fingerprint density at radius 1 is 1.13 bits per heavy atom. The second kappa shape index (κ2) is 4.14. The Labute approximate surface area is 82.9 Å². The van der Waals surface area contributed by atoms with Gasteiger partial charge in [-0.05, 0) is 19.2 Å². The molecule has 0 radical (unpaired) electrons. The van der Waals surface area contributed by atoms with Gasteiger partial charge in [-0.3, -0.25) is 0 Å². The van der Waals surface area contributed by atoms with Gasteiger partial charge in [-0.25, -0.2) is 8.78 Å². The lowest BCUT2D eigenvalue weighted by atomic mass is 10.1. The Balaban J connectivity index is 3.20. The average molecular weight is 225 g/mol. The number of alkyl halides is 3. The van der Waals surface area contributed by atoms with E-state index in [4.69, 9.17) is 0 Å². The second-order valence-corrected chi connectivity index (χ2v) is 2.95. The van der Waals surface area contributed by atoms with Crippen molar-refractivity contribution in [2.45, 2.75) is 12.7 Å². The molecule has 0 heterocycles. The highest BCUT2D eigenvalue weighted by Crippen LogP contribution is 2.32. The second-order valence-electron chi connectivity index (χ2n) is 2.95. The first kappa shape index (κ1) is 11.9. The summed E-state index contributed by atoms with van der Waals surface area (Å²) in [5.74, 6) is -2.53. The van der Waals surface area contributed by atoms with Crippen LogP contribution >= 0.6 is 0 Å². The zero-order valence-corrected chi connectivity index (χ0v) is 7.75. The van der Waals surface area contributed by atoms with E-state index in [0.29, 0.717) is 6.07 Å². The van der Waals surface area contributed by atoms with Gasteiger partial charge in [0.15, 0.2) is 0 Å². The molecule has 0 aliphatic heterocycles. The number of benzene rings is 1. The van der Waals surface area contributed by atoms with Crippen molar-refractivity contribution in [3.05, 3.63) is 34.9 Å². The molecule has 0 bridgehead atoms. The highest BCUT2D eigenvalue weighted by molar-refractivity contribution is 5.28. The first-order chi connectivity index (χ1) is 6.86. The summed E-state index contributed by atoms with van der Waals surface area (Å²) in [6.07, 6.45) is -4.87. The van der Waals surface area contributed by atoms with Crippen LogP contribution in [0.5, 0.6) is 0 Å². The molecule has 0 saturated heterocycles. The minimum Gasteiger partial charge on any atom is -0.316 e. The molecule has 0 amide bonds. The van der Waals surface area contributed by atoms with E-state index < -0.39 is 23.4 Å². The normalized spacial score (nSPS) is 11.9. The summed E-state index contributed by atoms with van der Waals surface area (Å²) < 4.78 is 62.3. The summed E-state index contributed by atoms with van der Waals surface area (Å²) in [5, 5.41) is 2.52. The van der Waals surface area contributed by atoms with Gasteiger partial charge in [0, 0.05) is 12.1 Å². The maximum Gasteiger partial charge on any atom is 0.419 e. The zero-order valence-electron chi connectivity index (χ0n) is 7.75. The minimum atomic E-state index is -4.87. The molecule has 15 heavy (non-hydrogen) atoms. The molecule has 1 rings (SSSR count). The number of hydrogen-bond acceptors (Lipinski definition) is 1. The summed E-state index contributed by atoms with van der Waals surface area (Å²) in [4.78, 5) is 0. The lowest BCUT2D eigenvalue weighted by molar-refractivity contribution is -0.140. The molecule has 1 N–H and O–H groups in total. The summed E-state index contributed by atoms with van der Waals surface area (Å²) in [6, 6.07) is 0.719. The summed E-state index contributed by atoms with van der Waals surface area (Å²) >= 11 is 0. The van der Waals surface area contributed by atoms with Crippen LogP contribution in [0, 0.1) is 11.6 Å². The molecule has 0 aliphatic carbocycles. The quantitative estimate of drug-likeness (QED) is 0.763. The first-order valence-corrected chi connectivity index (χ1v) is 4.06. The van der Waals surface area contributed by atoms with E-state index in [1.165, 1.54) is 7.05 Å². The Kier molecular flexibility index (Phi) is 3.28. The van der Waals surface area contributed by atoms with Crippen LogP contribution in [0.4, 0.5) is 22.0 Å². The van der Waals surface area contributed by atoms with E-state index in [0.717, 1.165) is 0 Å². The van der Waals surface area contributed by atoms with Crippen LogP contribution in [0.2, 0.25) is 0 Å². The zero-order chi connectivity index (χ0) is 11.6. The van der Waals surface area contributed by atoms with E-state index in [1.54, 1.807) is 0 Å². The highest BCUT2D eigenvalue weighted by atomic mass is 19.4. The van der Waals surface area contributed by atoms with Gasteiger partial charge in [-0.1, -0.05) is 0 Å². The van der Waals surface area contributed by atoms with Gasteiger partial charge in [0.25, 0.3) is 0 Å².